The highest BCUT2D eigenvalue weighted by Crippen LogP contribution is 2.16. The minimum absolute atomic E-state index is 0.109. The lowest BCUT2D eigenvalue weighted by Crippen LogP contribution is -2.31. The highest BCUT2D eigenvalue weighted by atomic mass is 79.9. The first-order chi connectivity index (χ1) is 11.4. The average molecular weight is 404 g/mol. The molecule has 2 aromatic carbocycles. The molecular weight excluding hydrogens is 386 g/mol. The van der Waals surface area contributed by atoms with Gasteiger partial charge in [-0.15, -0.1) is 6.58 Å². The fourth-order valence-corrected chi connectivity index (χ4v) is 3.59. The lowest BCUT2D eigenvalue weighted by Gasteiger charge is -2.18. The summed E-state index contributed by atoms with van der Waals surface area (Å²) in [6, 6.07) is 14.3. The molecule has 0 atom stereocenters. The Hall–Kier alpha value is -1.87. The molecule has 0 saturated heterocycles. The zero-order valence-electron chi connectivity index (χ0n) is 13.4. The van der Waals surface area contributed by atoms with E-state index in [4.69, 9.17) is 0 Å². The van der Waals surface area contributed by atoms with Crippen molar-refractivity contribution in [3.05, 3.63) is 76.8 Å². The molecule has 24 heavy (non-hydrogen) atoms. The standard InChI is InChI=1S/C19H18BrNO2S/c1-3-14-21(15-4-5-17-8-10-18(20)11-9-17)24(22,23)19-12-6-16(2)7-13-19/h3,6-13H,1,14-15H2,2H3. The Morgan fingerprint density at radius 2 is 1.75 bits per heavy atom. The van der Waals surface area contributed by atoms with Crippen LogP contribution in [-0.4, -0.2) is 25.8 Å². The second-order valence-corrected chi connectivity index (χ2v) is 8.06. The molecule has 0 N–H and O–H groups in total. The van der Waals surface area contributed by atoms with E-state index in [0.717, 1.165) is 15.6 Å². The molecule has 124 valence electrons. The average Bonchev–Trinajstić information content (AvgIpc) is 2.56. The van der Waals surface area contributed by atoms with E-state index in [1.807, 2.05) is 31.2 Å². The predicted molar refractivity (Wildman–Crippen MR) is 101 cm³/mol. The van der Waals surface area contributed by atoms with Gasteiger partial charge >= 0.3 is 0 Å². The quantitative estimate of drug-likeness (QED) is 0.558. The third kappa shape index (κ3) is 4.81. The van der Waals surface area contributed by atoms with Gasteiger partial charge < -0.3 is 0 Å². The van der Waals surface area contributed by atoms with Crippen LogP contribution in [0, 0.1) is 18.8 Å². The number of nitrogens with zero attached hydrogens (tertiary/aromatic N) is 1. The van der Waals surface area contributed by atoms with Gasteiger partial charge in [0.15, 0.2) is 0 Å². The summed E-state index contributed by atoms with van der Waals surface area (Å²) >= 11 is 3.37. The van der Waals surface area contributed by atoms with Crippen molar-refractivity contribution in [2.45, 2.75) is 11.8 Å². The van der Waals surface area contributed by atoms with E-state index in [-0.39, 0.29) is 18.0 Å². The molecule has 2 rings (SSSR count). The molecule has 0 aromatic heterocycles. The van der Waals surface area contributed by atoms with Crippen molar-refractivity contribution in [3.63, 3.8) is 0 Å². The first-order valence-electron chi connectivity index (χ1n) is 7.35. The van der Waals surface area contributed by atoms with E-state index < -0.39 is 10.0 Å². The number of hydrogen-bond acceptors (Lipinski definition) is 2. The Labute approximate surface area is 152 Å². The topological polar surface area (TPSA) is 37.4 Å². The molecule has 0 aliphatic rings. The van der Waals surface area contributed by atoms with Crippen LogP contribution in [0.2, 0.25) is 0 Å². The molecule has 0 aliphatic carbocycles. The molecular formula is C19H18BrNO2S. The molecule has 3 nitrogen and oxygen atoms in total. The van der Waals surface area contributed by atoms with Crippen LogP contribution in [0.1, 0.15) is 11.1 Å². The zero-order valence-corrected chi connectivity index (χ0v) is 15.8. The lowest BCUT2D eigenvalue weighted by atomic mass is 10.2. The smallest absolute Gasteiger partial charge is 0.207 e. The number of sulfonamides is 1. The monoisotopic (exact) mass is 403 g/mol. The van der Waals surface area contributed by atoms with Gasteiger partial charge in [-0.1, -0.05) is 51.5 Å². The van der Waals surface area contributed by atoms with Gasteiger partial charge in [0.25, 0.3) is 0 Å². The van der Waals surface area contributed by atoms with E-state index in [9.17, 15) is 8.42 Å². The van der Waals surface area contributed by atoms with Gasteiger partial charge in [-0.25, -0.2) is 8.42 Å². The molecule has 0 bridgehead atoms. The maximum absolute atomic E-state index is 12.7. The van der Waals surface area contributed by atoms with E-state index in [2.05, 4.69) is 34.3 Å². The summed E-state index contributed by atoms with van der Waals surface area (Å²) in [5.41, 5.74) is 1.85. The molecule has 2 aromatic rings. The molecule has 0 radical (unpaired) electrons. The van der Waals surface area contributed by atoms with Crippen molar-refractivity contribution in [2.24, 2.45) is 0 Å². The Balaban J connectivity index is 2.21. The molecule has 0 spiro atoms. The van der Waals surface area contributed by atoms with Crippen LogP contribution in [0.3, 0.4) is 0 Å². The Morgan fingerprint density at radius 1 is 1.12 bits per heavy atom. The SMILES string of the molecule is C=CCN(CC#Cc1ccc(Br)cc1)S(=O)(=O)c1ccc(C)cc1. The van der Waals surface area contributed by atoms with Crippen molar-refractivity contribution in [3.8, 4) is 11.8 Å². The molecule has 0 unspecified atom stereocenters. The van der Waals surface area contributed by atoms with Crippen LogP contribution in [0.4, 0.5) is 0 Å². The van der Waals surface area contributed by atoms with E-state index in [0.29, 0.717) is 0 Å². The molecule has 0 aliphatic heterocycles. The summed E-state index contributed by atoms with van der Waals surface area (Å²) in [7, 11) is -3.59. The third-order valence-electron chi connectivity index (χ3n) is 3.32. The Morgan fingerprint density at radius 3 is 2.33 bits per heavy atom. The maximum atomic E-state index is 12.7. The van der Waals surface area contributed by atoms with Gasteiger partial charge in [-0.2, -0.15) is 4.31 Å². The fraction of sp³-hybridized carbons (Fsp3) is 0.158. The van der Waals surface area contributed by atoms with Crippen molar-refractivity contribution in [1.82, 2.24) is 4.31 Å². The first kappa shape index (κ1) is 18.5. The zero-order chi connectivity index (χ0) is 17.6. The van der Waals surface area contributed by atoms with E-state index in [1.165, 1.54) is 4.31 Å². The molecule has 0 amide bonds. The van der Waals surface area contributed by atoms with Gasteiger partial charge in [0.2, 0.25) is 10.0 Å². The maximum Gasteiger partial charge on any atom is 0.244 e. The predicted octanol–water partition coefficient (Wildman–Crippen LogP) is 3.99. The lowest BCUT2D eigenvalue weighted by molar-refractivity contribution is 0.478. The molecule has 0 saturated carbocycles. The number of rotatable bonds is 5. The number of halogens is 1. The Bertz CT molecular complexity index is 860. The van der Waals surface area contributed by atoms with Gasteiger partial charge in [0.1, 0.15) is 0 Å². The number of aryl methyl sites for hydroxylation is 1. The second kappa shape index (κ2) is 8.29. The van der Waals surface area contributed by atoms with Gasteiger partial charge in [0.05, 0.1) is 11.4 Å². The second-order valence-electron chi connectivity index (χ2n) is 5.21. The van der Waals surface area contributed by atoms with E-state index >= 15 is 0 Å². The van der Waals surface area contributed by atoms with Crippen LogP contribution in [0.15, 0.2) is 70.6 Å². The van der Waals surface area contributed by atoms with Crippen LogP contribution in [-0.2, 0) is 10.0 Å². The van der Waals surface area contributed by atoms with E-state index in [1.54, 1.807) is 30.3 Å². The highest BCUT2D eigenvalue weighted by Gasteiger charge is 2.22. The minimum atomic E-state index is -3.59. The van der Waals surface area contributed by atoms with Crippen molar-refractivity contribution in [2.75, 3.05) is 13.1 Å². The number of benzene rings is 2. The van der Waals surface area contributed by atoms with Crippen molar-refractivity contribution in [1.29, 1.82) is 0 Å². The Kier molecular flexibility index (Phi) is 6.38. The number of hydrogen-bond donors (Lipinski definition) is 0. The summed E-state index contributed by atoms with van der Waals surface area (Å²) in [4.78, 5) is 0.264. The summed E-state index contributed by atoms with van der Waals surface area (Å²) < 4.78 is 27.7. The highest BCUT2D eigenvalue weighted by molar-refractivity contribution is 9.10. The van der Waals surface area contributed by atoms with Gasteiger partial charge in [0, 0.05) is 16.6 Å². The molecule has 5 heteroatoms. The molecule has 0 fully saturated rings. The first-order valence-corrected chi connectivity index (χ1v) is 9.59. The summed E-state index contributed by atoms with van der Waals surface area (Å²) in [5.74, 6) is 5.91. The summed E-state index contributed by atoms with van der Waals surface area (Å²) in [5, 5.41) is 0. The minimum Gasteiger partial charge on any atom is -0.207 e. The fourth-order valence-electron chi connectivity index (χ4n) is 2.01. The van der Waals surface area contributed by atoms with Crippen molar-refractivity contribution < 1.29 is 8.42 Å². The van der Waals surface area contributed by atoms with Crippen molar-refractivity contribution >= 4 is 26.0 Å². The largest absolute Gasteiger partial charge is 0.244 e. The third-order valence-corrected chi connectivity index (χ3v) is 5.68. The summed E-state index contributed by atoms with van der Waals surface area (Å²) in [6.07, 6.45) is 1.56. The van der Waals surface area contributed by atoms with Gasteiger partial charge in [-0.05, 0) is 43.3 Å². The normalized spacial score (nSPS) is 11.0. The van der Waals surface area contributed by atoms with Crippen LogP contribution < -0.4 is 0 Å². The summed E-state index contributed by atoms with van der Waals surface area (Å²) in [6.45, 7) is 5.88. The van der Waals surface area contributed by atoms with Gasteiger partial charge in [-0.3, -0.25) is 0 Å². The van der Waals surface area contributed by atoms with Crippen LogP contribution in [0.5, 0.6) is 0 Å². The molecule has 0 heterocycles. The van der Waals surface area contributed by atoms with Crippen LogP contribution >= 0.6 is 15.9 Å². The van der Waals surface area contributed by atoms with Crippen LogP contribution in [0.25, 0.3) is 0 Å².